The number of morpholine rings is 1. The molecule has 0 atom stereocenters. The lowest BCUT2D eigenvalue weighted by Gasteiger charge is -2.28. The Morgan fingerprint density at radius 2 is 2.06 bits per heavy atom. The molecule has 9 nitrogen and oxygen atoms in total. The van der Waals surface area contributed by atoms with Crippen molar-refractivity contribution in [3.8, 4) is 5.88 Å². The molecule has 0 radical (unpaired) electrons. The summed E-state index contributed by atoms with van der Waals surface area (Å²) in [5.41, 5.74) is 3.28. The monoisotopic (exact) mass is 450 g/mol. The summed E-state index contributed by atoms with van der Waals surface area (Å²) in [5, 5.41) is 3.43. The van der Waals surface area contributed by atoms with Crippen molar-refractivity contribution >= 4 is 38.3 Å². The van der Waals surface area contributed by atoms with Gasteiger partial charge in [-0.25, -0.2) is 15.0 Å². The van der Waals surface area contributed by atoms with Crippen LogP contribution in [-0.4, -0.2) is 58.8 Å². The summed E-state index contributed by atoms with van der Waals surface area (Å²) >= 11 is 1.42. The molecule has 164 valence electrons. The van der Waals surface area contributed by atoms with E-state index in [0.29, 0.717) is 41.9 Å². The number of methoxy groups -OCH3 is 1. The van der Waals surface area contributed by atoms with E-state index < -0.39 is 0 Å². The van der Waals surface area contributed by atoms with Crippen LogP contribution < -0.4 is 15.0 Å². The van der Waals surface area contributed by atoms with Crippen LogP contribution in [0.3, 0.4) is 0 Å². The summed E-state index contributed by atoms with van der Waals surface area (Å²) in [4.78, 5) is 28.1. The van der Waals surface area contributed by atoms with Crippen LogP contribution in [0.15, 0.2) is 49.2 Å². The fourth-order valence-corrected chi connectivity index (χ4v) is 4.62. The Kier molecular flexibility index (Phi) is 5.70. The van der Waals surface area contributed by atoms with Gasteiger partial charge in [0.2, 0.25) is 5.88 Å². The zero-order chi connectivity index (χ0) is 21.9. The predicted octanol–water partition coefficient (Wildman–Crippen LogP) is 3.03. The van der Waals surface area contributed by atoms with Crippen molar-refractivity contribution in [2.24, 2.45) is 0 Å². The minimum atomic E-state index is -0.210. The average molecular weight is 451 g/mol. The number of carbonyl (C=O) groups is 1. The maximum Gasteiger partial charge on any atom is 0.257 e. The van der Waals surface area contributed by atoms with E-state index in [0.717, 1.165) is 29.0 Å². The topological polar surface area (TPSA) is 94.4 Å². The van der Waals surface area contributed by atoms with Crippen LogP contribution in [0.25, 0.3) is 10.2 Å². The lowest BCUT2D eigenvalue weighted by Crippen LogP contribution is -2.36. The summed E-state index contributed by atoms with van der Waals surface area (Å²) in [5.74, 6) is 0.232. The molecule has 1 aromatic carbocycles. The van der Waals surface area contributed by atoms with E-state index in [1.54, 1.807) is 25.8 Å². The Morgan fingerprint density at radius 1 is 1.25 bits per heavy atom. The fraction of sp³-hybridized carbons (Fsp3) is 0.273. The molecule has 0 bridgehead atoms. The molecule has 3 aromatic heterocycles. The highest BCUT2D eigenvalue weighted by atomic mass is 32.1. The molecular formula is C22H22N6O3S. The summed E-state index contributed by atoms with van der Waals surface area (Å²) in [6, 6.07) is 7.51. The highest BCUT2D eigenvalue weighted by Crippen LogP contribution is 2.38. The molecule has 1 aliphatic rings. The van der Waals surface area contributed by atoms with E-state index in [-0.39, 0.29) is 5.91 Å². The largest absolute Gasteiger partial charge is 0.479 e. The Balaban J connectivity index is 1.37. The van der Waals surface area contributed by atoms with Gasteiger partial charge in [0.25, 0.3) is 5.91 Å². The van der Waals surface area contributed by atoms with Gasteiger partial charge in [0.15, 0.2) is 5.13 Å². The van der Waals surface area contributed by atoms with Crippen molar-refractivity contribution in [1.29, 1.82) is 0 Å². The summed E-state index contributed by atoms with van der Waals surface area (Å²) < 4.78 is 13.8. The second-order valence-electron chi connectivity index (χ2n) is 7.33. The summed E-state index contributed by atoms with van der Waals surface area (Å²) in [6.45, 7) is 3.62. The molecule has 32 heavy (non-hydrogen) atoms. The number of amides is 1. The molecule has 1 N–H and O–H groups in total. The highest BCUT2D eigenvalue weighted by molar-refractivity contribution is 7.23. The van der Waals surface area contributed by atoms with Gasteiger partial charge in [-0.2, -0.15) is 0 Å². The van der Waals surface area contributed by atoms with Crippen molar-refractivity contribution in [2.75, 3.05) is 43.6 Å². The van der Waals surface area contributed by atoms with E-state index in [9.17, 15) is 4.79 Å². The molecule has 0 spiro atoms. The van der Waals surface area contributed by atoms with Crippen LogP contribution in [0, 0.1) is 0 Å². The number of nitrogens with zero attached hydrogens (tertiary/aromatic N) is 5. The maximum absolute atomic E-state index is 12.8. The lowest BCUT2D eigenvalue weighted by atomic mass is 10.1. The first-order valence-electron chi connectivity index (χ1n) is 10.2. The first-order chi connectivity index (χ1) is 15.7. The van der Waals surface area contributed by atoms with Crippen molar-refractivity contribution in [3.63, 3.8) is 0 Å². The molecule has 4 aromatic rings. The average Bonchev–Trinajstić information content (AvgIpc) is 3.49. The number of rotatable bonds is 6. The lowest BCUT2D eigenvalue weighted by molar-refractivity contribution is 0.102. The van der Waals surface area contributed by atoms with Gasteiger partial charge in [-0.05, 0) is 17.7 Å². The smallest absolute Gasteiger partial charge is 0.257 e. The van der Waals surface area contributed by atoms with Gasteiger partial charge in [-0.3, -0.25) is 10.1 Å². The third kappa shape index (κ3) is 4.14. The number of carbonyl (C=O) groups excluding carboxylic acids is 1. The number of hydrogen-bond acceptors (Lipinski definition) is 8. The number of benzene rings is 1. The number of imidazole rings is 1. The minimum absolute atomic E-state index is 0.210. The van der Waals surface area contributed by atoms with Crippen LogP contribution in [0.1, 0.15) is 15.9 Å². The van der Waals surface area contributed by atoms with Gasteiger partial charge in [-0.15, -0.1) is 0 Å². The number of aromatic nitrogens is 4. The first-order valence-corrected chi connectivity index (χ1v) is 11.0. The molecule has 0 aliphatic carbocycles. The van der Waals surface area contributed by atoms with Crippen molar-refractivity contribution < 1.29 is 14.3 Å². The molecule has 1 fully saturated rings. The number of ether oxygens (including phenoxy) is 2. The zero-order valence-electron chi connectivity index (χ0n) is 17.5. The van der Waals surface area contributed by atoms with Crippen LogP contribution in [-0.2, 0) is 11.3 Å². The van der Waals surface area contributed by atoms with Gasteiger partial charge in [-0.1, -0.05) is 23.5 Å². The number of pyridine rings is 1. The standard InChI is InChI=1S/C22H22N6O3S/c1-30-21-18-19(17(12-24-21)28-8-10-31-11-9-28)32-22(25-18)26-20(29)16-4-2-15(3-5-16)13-27-7-6-23-14-27/h2-7,12,14H,8-11,13H2,1H3,(H,25,26,29). The molecule has 5 rings (SSSR count). The van der Waals surface area contributed by atoms with Gasteiger partial charge < -0.3 is 18.9 Å². The Hall–Kier alpha value is -3.50. The van der Waals surface area contributed by atoms with Gasteiger partial charge in [0.05, 0.1) is 43.2 Å². The molecule has 4 heterocycles. The highest BCUT2D eigenvalue weighted by Gasteiger charge is 2.21. The molecule has 1 saturated heterocycles. The number of fused-ring (bicyclic) bond motifs is 1. The Labute approximate surface area is 188 Å². The molecule has 1 aliphatic heterocycles. The summed E-state index contributed by atoms with van der Waals surface area (Å²) in [7, 11) is 1.57. The van der Waals surface area contributed by atoms with Crippen LogP contribution in [0.5, 0.6) is 5.88 Å². The van der Waals surface area contributed by atoms with Crippen molar-refractivity contribution in [2.45, 2.75) is 6.54 Å². The van der Waals surface area contributed by atoms with Gasteiger partial charge in [0, 0.05) is 37.6 Å². The normalized spacial score (nSPS) is 14.0. The zero-order valence-corrected chi connectivity index (χ0v) is 18.3. The third-order valence-corrected chi connectivity index (χ3v) is 6.27. The first kappa shape index (κ1) is 20.4. The minimum Gasteiger partial charge on any atom is -0.479 e. The molecule has 1 amide bonds. The third-order valence-electron chi connectivity index (χ3n) is 5.27. The number of nitrogens with one attached hydrogen (secondary N) is 1. The van der Waals surface area contributed by atoms with Crippen molar-refractivity contribution in [3.05, 3.63) is 60.3 Å². The Morgan fingerprint density at radius 3 is 2.78 bits per heavy atom. The second-order valence-corrected chi connectivity index (χ2v) is 8.33. The fourth-order valence-electron chi connectivity index (χ4n) is 3.63. The van der Waals surface area contributed by atoms with Crippen LogP contribution in [0.4, 0.5) is 10.8 Å². The van der Waals surface area contributed by atoms with E-state index in [4.69, 9.17) is 9.47 Å². The number of hydrogen-bond donors (Lipinski definition) is 1. The second kappa shape index (κ2) is 8.93. The SMILES string of the molecule is COc1ncc(N2CCOCC2)c2sc(NC(=O)c3ccc(Cn4ccnc4)cc3)nc12. The quantitative estimate of drug-likeness (QED) is 0.482. The molecule has 10 heteroatoms. The van der Waals surface area contributed by atoms with E-state index in [1.807, 2.05) is 35.0 Å². The maximum atomic E-state index is 12.8. The molecule has 0 saturated carbocycles. The van der Waals surface area contributed by atoms with Gasteiger partial charge in [0.1, 0.15) is 5.52 Å². The van der Waals surface area contributed by atoms with Crippen LogP contribution in [0.2, 0.25) is 0 Å². The predicted molar refractivity (Wildman–Crippen MR) is 123 cm³/mol. The molecule has 0 unspecified atom stereocenters. The molecular weight excluding hydrogens is 428 g/mol. The Bertz CT molecular complexity index is 1220. The van der Waals surface area contributed by atoms with Crippen LogP contribution >= 0.6 is 11.3 Å². The van der Waals surface area contributed by atoms with E-state index >= 15 is 0 Å². The number of thiazole rings is 1. The van der Waals surface area contributed by atoms with Gasteiger partial charge >= 0.3 is 0 Å². The van der Waals surface area contributed by atoms with E-state index in [1.165, 1.54) is 11.3 Å². The van der Waals surface area contributed by atoms with Crippen molar-refractivity contribution in [1.82, 2.24) is 19.5 Å². The van der Waals surface area contributed by atoms with E-state index in [2.05, 4.69) is 25.2 Å². The number of anilines is 2. The summed E-state index contributed by atoms with van der Waals surface area (Å²) in [6.07, 6.45) is 7.22.